The van der Waals surface area contributed by atoms with Crippen LogP contribution in [-0.2, 0) is 17.8 Å². The molecule has 2 heterocycles. The molecule has 130 valence electrons. The maximum absolute atomic E-state index is 13.0. The summed E-state index contributed by atoms with van der Waals surface area (Å²) in [6.45, 7) is 1.39. The molecule has 25 heavy (non-hydrogen) atoms. The second-order valence-corrected chi connectivity index (χ2v) is 6.74. The maximum Gasteiger partial charge on any atom is 0.245 e. The van der Waals surface area contributed by atoms with E-state index in [2.05, 4.69) is 39.9 Å². The fourth-order valence-electron chi connectivity index (χ4n) is 3.29. The second kappa shape index (κ2) is 7.01. The van der Waals surface area contributed by atoms with Gasteiger partial charge in [-0.05, 0) is 41.8 Å². The van der Waals surface area contributed by atoms with Crippen LogP contribution in [0.1, 0.15) is 11.1 Å². The molecule has 0 aromatic heterocycles. The molecule has 4 N–H and O–H groups in total. The molecule has 2 aliphatic rings. The highest BCUT2D eigenvalue weighted by atomic mass is 35.5. The first-order valence-electron chi connectivity index (χ1n) is 8.34. The number of hydrogen-bond acceptors (Lipinski definition) is 5. The minimum atomic E-state index is -0.402. The van der Waals surface area contributed by atoms with Crippen molar-refractivity contribution in [1.82, 2.24) is 21.3 Å². The summed E-state index contributed by atoms with van der Waals surface area (Å²) in [5.74, 6) is 0.0680. The zero-order valence-corrected chi connectivity index (χ0v) is 14.4. The molecule has 4 rings (SSSR count). The van der Waals surface area contributed by atoms with E-state index in [0.717, 1.165) is 18.7 Å². The Kier molecular flexibility index (Phi) is 4.59. The van der Waals surface area contributed by atoms with Crippen molar-refractivity contribution < 1.29 is 4.79 Å². The van der Waals surface area contributed by atoms with E-state index in [0.29, 0.717) is 11.6 Å². The van der Waals surface area contributed by atoms with Crippen LogP contribution in [0.5, 0.6) is 0 Å². The van der Waals surface area contributed by atoms with Gasteiger partial charge in [0.2, 0.25) is 5.91 Å². The Bertz CT molecular complexity index is 766. The van der Waals surface area contributed by atoms with Crippen LogP contribution in [0.25, 0.3) is 0 Å². The summed E-state index contributed by atoms with van der Waals surface area (Å²) in [7, 11) is 0. The van der Waals surface area contributed by atoms with Crippen LogP contribution in [0.2, 0.25) is 5.02 Å². The van der Waals surface area contributed by atoms with Gasteiger partial charge < -0.3 is 10.2 Å². The minimum absolute atomic E-state index is 0.0680. The quantitative estimate of drug-likeness (QED) is 0.672. The Balaban J connectivity index is 1.45. The number of carbonyl (C=O) groups excluding carboxylic acids is 1. The molecule has 0 bridgehead atoms. The van der Waals surface area contributed by atoms with Crippen molar-refractivity contribution in [3.8, 4) is 0 Å². The van der Waals surface area contributed by atoms with Gasteiger partial charge in [0.05, 0.1) is 0 Å². The summed E-state index contributed by atoms with van der Waals surface area (Å²) in [6, 6.07) is 15.3. The van der Waals surface area contributed by atoms with Gasteiger partial charge in [0.15, 0.2) is 0 Å². The van der Waals surface area contributed by atoms with Gasteiger partial charge in [0.1, 0.15) is 12.2 Å². The molecular formula is C18H20ClN5O. The van der Waals surface area contributed by atoms with Crippen molar-refractivity contribution in [1.29, 1.82) is 0 Å². The van der Waals surface area contributed by atoms with Gasteiger partial charge in [0.25, 0.3) is 0 Å². The van der Waals surface area contributed by atoms with Gasteiger partial charge in [-0.15, -0.1) is 0 Å². The predicted octanol–water partition coefficient (Wildman–Crippen LogP) is 1.64. The SMILES string of the molecule is O=C(C1NNNC1Nc1ccc(Cl)cc1)N1CCc2ccccc2C1. The van der Waals surface area contributed by atoms with Crippen molar-refractivity contribution in [3.05, 3.63) is 64.7 Å². The van der Waals surface area contributed by atoms with Crippen LogP contribution in [0.3, 0.4) is 0 Å². The minimum Gasteiger partial charge on any atom is -0.367 e. The number of carbonyl (C=O) groups is 1. The van der Waals surface area contributed by atoms with E-state index in [1.165, 1.54) is 11.1 Å². The van der Waals surface area contributed by atoms with E-state index in [9.17, 15) is 4.79 Å². The van der Waals surface area contributed by atoms with Crippen LogP contribution >= 0.6 is 11.6 Å². The number of hydrazine groups is 2. The number of halogens is 1. The maximum atomic E-state index is 13.0. The number of amides is 1. The molecular weight excluding hydrogens is 338 g/mol. The lowest BCUT2D eigenvalue weighted by Crippen LogP contribution is -2.52. The zero-order chi connectivity index (χ0) is 17.2. The number of benzene rings is 2. The summed E-state index contributed by atoms with van der Waals surface area (Å²) in [5, 5.41) is 4.00. The topological polar surface area (TPSA) is 68.4 Å². The summed E-state index contributed by atoms with van der Waals surface area (Å²) < 4.78 is 0. The highest BCUT2D eigenvalue weighted by Gasteiger charge is 2.36. The fraction of sp³-hybridized carbons (Fsp3) is 0.278. The average molecular weight is 358 g/mol. The molecule has 1 amide bonds. The Morgan fingerprint density at radius 1 is 1.08 bits per heavy atom. The van der Waals surface area contributed by atoms with Gasteiger partial charge in [-0.25, -0.2) is 10.9 Å². The molecule has 6 nitrogen and oxygen atoms in total. The third kappa shape index (κ3) is 3.48. The largest absolute Gasteiger partial charge is 0.367 e. The van der Waals surface area contributed by atoms with Crippen molar-refractivity contribution in [2.45, 2.75) is 25.2 Å². The molecule has 0 spiro atoms. The highest BCUT2D eigenvalue weighted by Crippen LogP contribution is 2.20. The standard InChI is InChI=1S/C18H20ClN5O/c19-14-5-7-15(8-6-14)20-17-16(21-23-22-17)18(25)24-10-9-12-3-1-2-4-13(12)11-24/h1-8,16-17,20-23H,9-11H2. The Labute approximate surface area is 151 Å². The van der Waals surface area contributed by atoms with Gasteiger partial charge in [-0.3, -0.25) is 4.79 Å². The highest BCUT2D eigenvalue weighted by molar-refractivity contribution is 6.30. The van der Waals surface area contributed by atoms with Crippen LogP contribution in [0, 0.1) is 0 Å². The molecule has 2 atom stereocenters. The molecule has 0 aliphatic carbocycles. The first kappa shape index (κ1) is 16.4. The van der Waals surface area contributed by atoms with E-state index >= 15 is 0 Å². The lowest BCUT2D eigenvalue weighted by atomic mass is 9.99. The lowest BCUT2D eigenvalue weighted by molar-refractivity contribution is -0.134. The molecule has 0 radical (unpaired) electrons. The second-order valence-electron chi connectivity index (χ2n) is 6.30. The van der Waals surface area contributed by atoms with E-state index in [-0.39, 0.29) is 12.1 Å². The van der Waals surface area contributed by atoms with Gasteiger partial charge in [-0.2, -0.15) is 5.53 Å². The third-order valence-electron chi connectivity index (χ3n) is 4.66. The fourth-order valence-corrected chi connectivity index (χ4v) is 3.42. The lowest BCUT2D eigenvalue weighted by Gasteiger charge is -2.32. The number of nitrogens with zero attached hydrogens (tertiary/aromatic N) is 1. The molecule has 1 fully saturated rings. The Hall–Kier alpha value is -2.12. The Morgan fingerprint density at radius 3 is 2.64 bits per heavy atom. The van der Waals surface area contributed by atoms with Crippen LogP contribution in [-0.4, -0.2) is 29.6 Å². The number of rotatable bonds is 3. The molecule has 2 aromatic carbocycles. The van der Waals surface area contributed by atoms with Crippen molar-refractivity contribution in [3.63, 3.8) is 0 Å². The Morgan fingerprint density at radius 2 is 1.84 bits per heavy atom. The van der Waals surface area contributed by atoms with E-state index in [1.54, 1.807) is 0 Å². The third-order valence-corrected chi connectivity index (χ3v) is 4.92. The molecule has 7 heteroatoms. The summed E-state index contributed by atoms with van der Waals surface area (Å²) in [4.78, 5) is 14.9. The summed E-state index contributed by atoms with van der Waals surface area (Å²) in [6.07, 6.45) is 0.635. The molecule has 2 aliphatic heterocycles. The number of hydrogen-bond donors (Lipinski definition) is 4. The van der Waals surface area contributed by atoms with Gasteiger partial charge >= 0.3 is 0 Å². The first-order chi connectivity index (χ1) is 12.2. The summed E-state index contributed by atoms with van der Waals surface area (Å²) >= 11 is 5.92. The average Bonchev–Trinajstić information content (AvgIpc) is 3.10. The monoisotopic (exact) mass is 357 g/mol. The normalized spacial score (nSPS) is 22.5. The van der Waals surface area contributed by atoms with Gasteiger partial charge in [0, 0.05) is 23.8 Å². The van der Waals surface area contributed by atoms with Crippen molar-refractivity contribution >= 4 is 23.2 Å². The molecule has 2 aromatic rings. The summed E-state index contributed by atoms with van der Waals surface area (Å²) in [5.41, 5.74) is 12.4. The van der Waals surface area contributed by atoms with Crippen LogP contribution < -0.4 is 21.7 Å². The molecule has 2 unspecified atom stereocenters. The smallest absolute Gasteiger partial charge is 0.245 e. The van der Waals surface area contributed by atoms with E-state index in [1.807, 2.05) is 35.2 Å². The van der Waals surface area contributed by atoms with Crippen molar-refractivity contribution in [2.75, 3.05) is 11.9 Å². The zero-order valence-electron chi connectivity index (χ0n) is 13.6. The van der Waals surface area contributed by atoms with E-state index < -0.39 is 6.04 Å². The first-order valence-corrected chi connectivity index (χ1v) is 8.72. The van der Waals surface area contributed by atoms with Crippen LogP contribution in [0.15, 0.2) is 48.5 Å². The molecule has 1 saturated heterocycles. The van der Waals surface area contributed by atoms with Crippen molar-refractivity contribution in [2.24, 2.45) is 0 Å². The molecule has 0 saturated carbocycles. The predicted molar refractivity (Wildman–Crippen MR) is 97.6 cm³/mol. The number of anilines is 1. The van der Waals surface area contributed by atoms with Gasteiger partial charge in [-0.1, -0.05) is 35.9 Å². The number of nitrogens with one attached hydrogen (secondary N) is 4. The van der Waals surface area contributed by atoms with E-state index in [4.69, 9.17) is 11.6 Å². The van der Waals surface area contributed by atoms with Crippen LogP contribution in [0.4, 0.5) is 5.69 Å². The number of fused-ring (bicyclic) bond motifs is 1.